The molecule has 0 atom stereocenters. The van der Waals surface area contributed by atoms with Crippen LogP contribution in [0.3, 0.4) is 0 Å². The SMILES string of the molecule is CCCCCN(CC)CC.Nc1nc(-c2cccc3ccccc23)nc2c(Cl)cccc12. The van der Waals surface area contributed by atoms with Crippen molar-refractivity contribution in [2.45, 2.75) is 40.0 Å². The molecule has 3 aromatic carbocycles. The van der Waals surface area contributed by atoms with Gasteiger partial charge in [0, 0.05) is 10.9 Å². The van der Waals surface area contributed by atoms with Crippen molar-refractivity contribution in [1.29, 1.82) is 0 Å². The van der Waals surface area contributed by atoms with Crippen LogP contribution in [0.2, 0.25) is 5.02 Å². The lowest BCUT2D eigenvalue weighted by molar-refractivity contribution is 0.296. The zero-order valence-electron chi connectivity index (χ0n) is 19.3. The molecule has 1 aromatic heterocycles. The highest BCUT2D eigenvalue weighted by Gasteiger charge is 2.11. The second-order valence-corrected chi connectivity index (χ2v) is 8.24. The first-order valence-corrected chi connectivity index (χ1v) is 11.9. The standard InChI is InChI=1S/C18H12ClN3.C9H21N/c19-15-10-4-9-14-16(15)21-18(22-17(14)20)13-8-3-6-11-5-1-2-7-12(11)13;1-4-7-8-9-10(5-2)6-3/h1-10H,(H2,20,21,22);4-9H2,1-3H3. The first kappa shape index (κ1) is 24.0. The number of hydrogen-bond acceptors (Lipinski definition) is 4. The van der Waals surface area contributed by atoms with Gasteiger partial charge in [-0.2, -0.15) is 0 Å². The van der Waals surface area contributed by atoms with E-state index in [4.69, 9.17) is 17.3 Å². The van der Waals surface area contributed by atoms with E-state index in [9.17, 15) is 0 Å². The van der Waals surface area contributed by atoms with Gasteiger partial charge in [0.2, 0.25) is 0 Å². The van der Waals surface area contributed by atoms with Gasteiger partial charge in [-0.3, -0.25) is 0 Å². The fraction of sp³-hybridized carbons (Fsp3) is 0.333. The fourth-order valence-electron chi connectivity index (χ4n) is 3.81. The van der Waals surface area contributed by atoms with E-state index < -0.39 is 0 Å². The molecule has 32 heavy (non-hydrogen) atoms. The third-order valence-electron chi connectivity index (χ3n) is 5.71. The molecule has 4 aromatic rings. The highest BCUT2D eigenvalue weighted by Crippen LogP contribution is 2.31. The number of benzene rings is 3. The normalized spacial score (nSPS) is 11.0. The van der Waals surface area contributed by atoms with Gasteiger partial charge in [0.15, 0.2) is 5.82 Å². The summed E-state index contributed by atoms with van der Waals surface area (Å²) < 4.78 is 0. The summed E-state index contributed by atoms with van der Waals surface area (Å²) in [5, 5.41) is 3.59. The van der Waals surface area contributed by atoms with E-state index in [1.165, 1.54) is 38.9 Å². The quantitative estimate of drug-likeness (QED) is 0.303. The molecule has 4 nitrogen and oxygen atoms in total. The number of hydrogen-bond donors (Lipinski definition) is 1. The van der Waals surface area contributed by atoms with Crippen LogP contribution in [0.15, 0.2) is 60.7 Å². The predicted molar refractivity (Wildman–Crippen MR) is 139 cm³/mol. The third kappa shape index (κ3) is 5.76. The summed E-state index contributed by atoms with van der Waals surface area (Å²) in [4.78, 5) is 11.6. The minimum atomic E-state index is 0.440. The van der Waals surface area contributed by atoms with E-state index in [2.05, 4.69) is 53.8 Å². The molecule has 0 amide bonds. The molecular formula is C27H33ClN4. The van der Waals surface area contributed by atoms with Crippen LogP contribution in [0.25, 0.3) is 33.1 Å². The molecule has 0 saturated heterocycles. The predicted octanol–water partition coefficient (Wildman–Crippen LogP) is 7.20. The van der Waals surface area contributed by atoms with Gasteiger partial charge in [0.1, 0.15) is 5.82 Å². The molecule has 0 spiro atoms. The van der Waals surface area contributed by atoms with Crippen molar-refractivity contribution in [3.8, 4) is 11.4 Å². The minimum Gasteiger partial charge on any atom is -0.383 e. The molecule has 0 aliphatic carbocycles. The van der Waals surface area contributed by atoms with Gasteiger partial charge in [-0.25, -0.2) is 9.97 Å². The molecule has 4 rings (SSSR count). The number of anilines is 1. The Morgan fingerprint density at radius 2 is 1.50 bits per heavy atom. The molecule has 0 aliphatic rings. The Bertz CT molecular complexity index is 1150. The average molecular weight is 449 g/mol. The molecular weight excluding hydrogens is 416 g/mol. The van der Waals surface area contributed by atoms with E-state index in [0.29, 0.717) is 22.2 Å². The number of nitrogens with two attached hydrogens (primary N) is 1. The fourth-order valence-corrected chi connectivity index (χ4v) is 4.02. The Balaban J connectivity index is 0.000000247. The van der Waals surface area contributed by atoms with Gasteiger partial charge in [0.05, 0.1) is 10.5 Å². The molecule has 0 bridgehead atoms. The van der Waals surface area contributed by atoms with Crippen molar-refractivity contribution in [3.05, 3.63) is 65.7 Å². The largest absolute Gasteiger partial charge is 0.383 e. The number of nitrogen functional groups attached to an aromatic ring is 1. The van der Waals surface area contributed by atoms with Crippen molar-refractivity contribution in [1.82, 2.24) is 14.9 Å². The summed E-state index contributed by atoms with van der Waals surface area (Å²) in [5.74, 6) is 1.03. The average Bonchev–Trinajstić information content (AvgIpc) is 2.82. The molecule has 168 valence electrons. The van der Waals surface area contributed by atoms with E-state index in [-0.39, 0.29) is 0 Å². The Hall–Kier alpha value is -2.69. The summed E-state index contributed by atoms with van der Waals surface area (Å²) >= 11 is 6.26. The Kier molecular flexibility index (Phi) is 8.83. The van der Waals surface area contributed by atoms with Gasteiger partial charge >= 0.3 is 0 Å². The van der Waals surface area contributed by atoms with Crippen LogP contribution in [0.1, 0.15) is 40.0 Å². The number of rotatable bonds is 7. The molecule has 5 heteroatoms. The minimum absolute atomic E-state index is 0.440. The van der Waals surface area contributed by atoms with Crippen molar-refractivity contribution >= 4 is 39.1 Å². The summed E-state index contributed by atoms with van der Waals surface area (Å²) in [7, 11) is 0. The molecule has 2 N–H and O–H groups in total. The lowest BCUT2D eigenvalue weighted by Gasteiger charge is -2.16. The van der Waals surface area contributed by atoms with Crippen LogP contribution >= 0.6 is 11.6 Å². The lowest BCUT2D eigenvalue weighted by Crippen LogP contribution is -2.23. The summed E-state index contributed by atoms with van der Waals surface area (Å²) in [6, 6.07) is 19.7. The van der Waals surface area contributed by atoms with Gasteiger partial charge in [-0.05, 0) is 49.0 Å². The van der Waals surface area contributed by atoms with Crippen molar-refractivity contribution in [3.63, 3.8) is 0 Å². The highest BCUT2D eigenvalue weighted by atomic mass is 35.5. The Labute approximate surface area is 196 Å². The molecule has 1 heterocycles. The zero-order chi connectivity index (χ0) is 22.9. The number of unbranched alkanes of at least 4 members (excludes halogenated alkanes) is 2. The summed E-state index contributed by atoms with van der Waals surface area (Å²) in [6.45, 7) is 10.4. The van der Waals surface area contributed by atoms with E-state index in [1.54, 1.807) is 0 Å². The number of fused-ring (bicyclic) bond motifs is 2. The van der Waals surface area contributed by atoms with Crippen LogP contribution < -0.4 is 5.73 Å². The smallest absolute Gasteiger partial charge is 0.162 e. The van der Waals surface area contributed by atoms with Crippen LogP contribution in [0.4, 0.5) is 5.82 Å². The maximum Gasteiger partial charge on any atom is 0.162 e. The zero-order valence-corrected chi connectivity index (χ0v) is 20.1. The Morgan fingerprint density at radius 1 is 0.812 bits per heavy atom. The molecule has 0 aliphatic heterocycles. The lowest BCUT2D eigenvalue weighted by atomic mass is 10.0. The molecule has 0 unspecified atom stereocenters. The van der Waals surface area contributed by atoms with Crippen molar-refractivity contribution < 1.29 is 0 Å². The van der Waals surface area contributed by atoms with Crippen LogP contribution in [0.5, 0.6) is 0 Å². The number of aromatic nitrogens is 2. The monoisotopic (exact) mass is 448 g/mol. The highest BCUT2D eigenvalue weighted by molar-refractivity contribution is 6.35. The number of halogens is 1. The second kappa shape index (κ2) is 11.8. The van der Waals surface area contributed by atoms with E-state index >= 15 is 0 Å². The third-order valence-corrected chi connectivity index (χ3v) is 6.01. The van der Waals surface area contributed by atoms with Crippen LogP contribution in [0, 0.1) is 0 Å². The molecule has 0 radical (unpaired) electrons. The van der Waals surface area contributed by atoms with Crippen LogP contribution in [-0.4, -0.2) is 34.5 Å². The maximum atomic E-state index is 6.26. The number of para-hydroxylation sites is 1. The van der Waals surface area contributed by atoms with Crippen molar-refractivity contribution in [2.75, 3.05) is 25.4 Å². The first-order chi connectivity index (χ1) is 15.6. The molecule has 0 fully saturated rings. The second-order valence-electron chi connectivity index (χ2n) is 7.83. The van der Waals surface area contributed by atoms with Gasteiger partial charge < -0.3 is 10.6 Å². The number of nitrogens with zero attached hydrogens (tertiary/aromatic N) is 3. The maximum absolute atomic E-state index is 6.26. The van der Waals surface area contributed by atoms with E-state index in [0.717, 1.165) is 21.7 Å². The van der Waals surface area contributed by atoms with Gasteiger partial charge in [-0.15, -0.1) is 0 Å². The van der Waals surface area contributed by atoms with Crippen molar-refractivity contribution in [2.24, 2.45) is 0 Å². The topological polar surface area (TPSA) is 55.0 Å². The first-order valence-electron chi connectivity index (χ1n) is 11.5. The van der Waals surface area contributed by atoms with Gasteiger partial charge in [0.25, 0.3) is 0 Å². The Morgan fingerprint density at radius 3 is 2.25 bits per heavy atom. The summed E-state index contributed by atoms with van der Waals surface area (Å²) in [5.41, 5.74) is 7.73. The van der Waals surface area contributed by atoms with E-state index in [1.807, 2.05) is 42.5 Å². The van der Waals surface area contributed by atoms with Gasteiger partial charge in [-0.1, -0.05) is 93.7 Å². The summed E-state index contributed by atoms with van der Waals surface area (Å²) in [6.07, 6.45) is 4.09. The molecule has 0 saturated carbocycles. The van der Waals surface area contributed by atoms with Crippen LogP contribution in [-0.2, 0) is 0 Å².